The number of carbonyl (C=O) groups excluding carboxylic acids is 1. The molecule has 0 saturated carbocycles. The van der Waals surface area contributed by atoms with Crippen molar-refractivity contribution in [3.63, 3.8) is 0 Å². The van der Waals surface area contributed by atoms with Crippen molar-refractivity contribution in [3.8, 4) is 22.2 Å². The number of nitrogens with zero attached hydrogens (tertiary/aromatic N) is 4. The number of carbonyl (C=O) groups is 1. The van der Waals surface area contributed by atoms with Crippen molar-refractivity contribution in [2.45, 2.75) is 12.8 Å². The number of nitrogens with one attached hydrogen (secondary N) is 1. The molecule has 1 aromatic carbocycles. The van der Waals surface area contributed by atoms with Crippen LogP contribution in [0.3, 0.4) is 0 Å². The standard InChI is InChI=1S/C25H21N5O2S/c1-16(25(31)29-22-5-3-4-11-27-22)17-6-8-18(9-7-17)32-20-10-12-26-19-15-21(33-23(19)20)24-28-13-14-30(24)2/h3-16H,1-2H3,(H,27,29,31). The van der Waals surface area contributed by atoms with E-state index in [1.807, 2.05) is 73.3 Å². The minimum Gasteiger partial charge on any atom is -0.456 e. The number of hydrogen-bond donors (Lipinski definition) is 1. The summed E-state index contributed by atoms with van der Waals surface area (Å²) in [7, 11) is 1.97. The molecule has 1 unspecified atom stereocenters. The minimum absolute atomic E-state index is 0.112. The molecule has 0 saturated heterocycles. The summed E-state index contributed by atoms with van der Waals surface area (Å²) in [5, 5.41) is 2.84. The number of aromatic nitrogens is 4. The number of aryl methyl sites for hydroxylation is 1. The summed E-state index contributed by atoms with van der Waals surface area (Å²) in [6.07, 6.45) is 7.09. The van der Waals surface area contributed by atoms with E-state index in [4.69, 9.17) is 4.74 Å². The van der Waals surface area contributed by atoms with Crippen LogP contribution < -0.4 is 10.1 Å². The van der Waals surface area contributed by atoms with Crippen LogP contribution in [0.2, 0.25) is 0 Å². The summed E-state index contributed by atoms with van der Waals surface area (Å²) in [5.41, 5.74) is 1.76. The third-order valence-electron chi connectivity index (χ3n) is 5.33. The molecular formula is C25H21N5O2S. The van der Waals surface area contributed by atoms with Crippen LogP contribution in [0, 0.1) is 0 Å². The minimum atomic E-state index is -0.327. The smallest absolute Gasteiger partial charge is 0.232 e. The molecule has 8 heteroatoms. The average Bonchev–Trinajstić information content (AvgIpc) is 3.46. The Hall–Kier alpha value is -4.04. The molecule has 4 heterocycles. The number of amides is 1. The second-order valence-corrected chi connectivity index (χ2v) is 8.65. The summed E-state index contributed by atoms with van der Waals surface area (Å²) >= 11 is 1.60. The van der Waals surface area contributed by atoms with E-state index in [-0.39, 0.29) is 11.8 Å². The molecule has 0 aliphatic carbocycles. The van der Waals surface area contributed by atoms with Crippen molar-refractivity contribution in [3.05, 3.63) is 84.9 Å². The third kappa shape index (κ3) is 4.33. The van der Waals surface area contributed by atoms with Crippen LogP contribution in [0.5, 0.6) is 11.5 Å². The lowest BCUT2D eigenvalue weighted by molar-refractivity contribution is -0.117. The molecule has 4 aromatic heterocycles. The van der Waals surface area contributed by atoms with Gasteiger partial charge >= 0.3 is 0 Å². The van der Waals surface area contributed by atoms with E-state index in [0.29, 0.717) is 11.6 Å². The molecule has 1 atom stereocenters. The van der Waals surface area contributed by atoms with Gasteiger partial charge in [-0.05, 0) is 42.8 Å². The van der Waals surface area contributed by atoms with E-state index in [0.717, 1.165) is 32.2 Å². The van der Waals surface area contributed by atoms with Gasteiger partial charge in [0, 0.05) is 37.9 Å². The quantitative estimate of drug-likeness (QED) is 0.359. The maximum absolute atomic E-state index is 12.6. The van der Waals surface area contributed by atoms with Crippen molar-refractivity contribution in [1.29, 1.82) is 0 Å². The van der Waals surface area contributed by atoms with Crippen LogP contribution in [-0.4, -0.2) is 25.4 Å². The summed E-state index contributed by atoms with van der Waals surface area (Å²) in [6, 6.07) is 16.9. The molecule has 0 aliphatic heterocycles. The van der Waals surface area contributed by atoms with E-state index in [1.54, 1.807) is 36.0 Å². The Morgan fingerprint density at radius 1 is 1.03 bits per heavy atom. The molecule has 1 N–H and O–H groups in total. The number of ether oxygens (including phenoxy) is 1. The predicted molar refractivity (Wildman–Crippen MR) is 130 cm³/mol. The van der Waals surface area contributed by atoms with E-state index < -0.39 is 0 Å². The van der Waals surface area contributed by atoms with Crippen LogP contribution in [0.25, 0.3) is 20.9 Å². The second kappa shape index (κ2) is 8.84. The van der Waals surface area contributed by atoms with E-state index >= 15 is 0 Å². The van der Waals surface area contributed by atoms with Crippen molar-refractivity contribution in [1.82, 2.24) is 19.5 Å². The Morgan fingerprint density at radius 2 is 1.88 bits per heavy atom. The average molecular weight is 456 g/mol. The highest BCUT2D eigenvalue weighted by Gasteiger charge is 2.17. The summed E-state index contributed by atoms with van der Waals surface area (Å²) < 4.78 is 9.12. The van der Waals surface area contributed by atoms with Crippen LogP contribution in [0.1, 0.15) is 18.4 Å². The Balaban J connectivity index is 1.33. The molecule has 0 aliphatic rings. The van der Waals surface area contributed by atoms with Gasteiger partial charge in [0.05, 0.1) is 21.0 Å². The van der Waals surface area contributed by atoms with Crippen LogP contribution in [0.15, 0.2) is 79.4 Å². The zero-order valence-electron chi connectivity index (χ0n) is 18.1. The molecule has 33 heavy (non-hydrogen) atoms. The topological polar surface area (TPSA) is 81.9 Å². The summed E-state index contributed by atoms with van der Waals surface area (Å²) in [4.78, 5) is 26.6. The summed E-state index contributed by atoms with van der Waals surface area (Å²) in [5.74, 6) is 2.42. The lowest BCUT2D eigenvalue weighted by Crippen LogP contribution is -2.19. The third-order valence-corrected chi connectivity index (χ3v) is 6.47. The number of anilines is 1. The van der Waals surface area contributed by atoms with Crippen molar-refractivity contribution < 1.29 is 9.53 Å². The fraction of sp³-hybridized carbons (Fsp3) is 0.120. The number of imidazole rings is 1. The van der Waals surface area contributed by atoms with Crippen LogP contribution in [-0.2, 0) is 11.8 Å². The fourth-order valence-corrected chi connectivity index (χ4v) is 4.59. The van der Waals surface area contributed by atoms with Gasteiger partial charge in [-0.3, -0.25) is 9.78 Å². The molecule has 0 bridgehead atoms. The van der Waals surface area contributed by atoms with E-state index in [9.17, 15) is 4.79 Å². The fourth-order valence-electron chi connectivity index (χ4n) is 3.48. The Kier molecular flexibility index (Phi) is 5.58. The van der Waals surface area contributed by atoms with Gasteiger partial charge in [0.15, 0.2) is 0 Å². The van der Waals surface area contributed by atoms with Crippen LogP contribution >= 0.6 is 11.3 Å². The maximum atomic E-state index is 12.6. The number of hydrogen-bond acceptors (Lipinski definition) is 6. The highest BCUT2D eigenvalue weighted by molar-refractivity contribution is 7.22. The first-order valence-corrected chi connectivity index (χ1v) is 11.3. The summed E-state index contributed by atoms with van der Waals surface area (Å²) in [6.45, 7) is 1.87. The molecule has 0 fully saturated rings. The molecule has 0 spiro atoms. The molecule has 164 valence electrons. The number of rotatable bonds is 6. The van der Waals surface area contributed by atoms with Gasteiger partial charge < -0.3 is 14.6 Å². The van der Waals surface area contributed by atoms with E-state index in [2.05, 4.69) is 20.3 Å². The Bertz CT molecular complexity index is 1410. The number of thiophene rings is 1. The second-order valence-electron chi connectivity index (χ2n) is 7.59. The molecule has 5 rings (SSSR count). The monoisotopic (exact) mass is 455 g/mol. The van der Waals surface area contributed by atoms with Crippen molar-refractivity contribution in [2.75, 3.05) is 5.32 Å². The first-order chi connectivity index (χ1) is 16.1. The number of pyridine rings is 2. The first kappa shape index (κ1) is 20.8. The van der Waals surface area contributed by atoms with Gasteiger partial charge in [-0.1, -0.05) is 18.2 Å². The molecular weight excluding hydrogens is 434 g/mol. The highest BCUT2D eigenvalue weighted by Crippen LogP contribution is 2.38. The van der Waals surface area contributed by atoms with Gasteiger partial charge in [0.2, 0.25) is 5.91 Å². The largest absolute Gasteiger partial charge is 0.456 e. The molecule has 0 radical (unpaired) electrons. The SMILES string of the molecule is CC(C(=O)Nc1ccccn1)c1ccc(Oc2ccnc3cc(-c4nccn4C)sc23)cc1. The van der Waals surface area contributed by atoms with Crippen LogP contribution in [0.4, 0.5) is 5.82 Å². The lowest BCUT2D eigenvalue weighted by atomic mass is 10.0. The maximum Gasteiger partial charge on any atom is 0.232 e. The molecule has 5 aromatic rings. The normalized spacial score (nSPS) is 11.9. The van der Waals surface area contributed by atoms with Gasteiger partial charge in [0.1, 0.15) is 23.1 Å². The van der Waals surface area contributed by atoms with Crippen molar-refractivity contribution >= 4 is 33.3 Å². The molecule has 1 amide bonds. The highest BCUT2D eigenvalue weighted by atomic mass is 32.1. The number of fused-ring (bicyclic) bond motifs is 1. The lowest BCUT2D eigenvalue weighted by Gasteiger charge is -2.13. The van der Waals surface area contributed by atoms with Gasteiger partial charge in [-0.25, -0.2) is 9.97 Å². The van der Waals surface area contributed by atoms with Gasteiger partial charge in [-0.15, -0.1) is 11.3 Å². The van der Waals surface area contributed by atoms with Crippen molar-refractivity contribution in [2.24, 2.45) is 7.05 Å². The Morgan fingerprint density at radius 3 is 2.61 bits per heavy atom. The van der Waals surface area contributed by atoms with Gasteiger partial charge in [-0.2, -0.15) is 0 Å². The zero-order chi connectivity index (χ0) is 22.8. The number of benzene rings is 1. The Labute approximate surface area is 194 Å². The van der Waals surface area contributed by atoms with E-state index in [1.165, 1.54) is 0 Å². The predicted octanol–water partition coefficient (Wildman–Crippen LogP) is 5.63. The van der Waals surface area contributed by atoms with Gasteiger partial charge in [0.25, 0.3) is 0 Å². The first-order valence-electron chi connectivity index (χ1n) is 10.4. The zero-order valence-corrected chi connectivity index (χ0v) is 18.9. The molecule has 7 nitrogen and oxygen atoms in total.